The second-order valence-electron chi connectivity index (χ2n) is 6.24. The lowest BCUT2D eigenvalue weighted by Crippen LogP contribution is -2.25. The van der Waals surface area contributed by atoms with Gasteiger partial charge in [-0.05, 0) is 38.3 Å². The number of phenols is 2. The van der Waals surface area contributed by atoms with E-state index in [0.717, 1.165) is 0 Å². The molecular formula is C15H14INO7Si. The second-order valence-corrected chi connectivity index (χ2v) is 8.46. The zero-order chi connectivity index (χ0) is 18.9. The number of benzene rings is 2. The van der Waals surface area contributed by atoms with Crippen LogP contribution >= 0.6 is 23.0 Å². The van der Waals surface area contributed by atoms with E-state index in [0.29, 0.717) is 10.6 Å². The topological polar surface area (TPSA) is 119 Å². The number of fused-ring (bicyclic) bond motifs is 1. The van der Waals surface area contributed by atoms with E-state index in [2.05, 4.69) is 0 Å². The summed E-state index contributed by atoms with van der Waals surface area (Å²) in [5.74, 6) is -1.80. The third-order valence-electron chi connectivity index (χ3n) is 3.33. The molecule has 2 aromatic rings. The van der Waals surface area contributed by atoms with Crippen molar-refractivity contribution >= 4 is 60.4 Å². The van der Waals surface area contributed by atoms with E-state index in [1.54, 1.807) is 43.8 Å². The lowest BCUT2D eigenvalue weighted by Gasteiger charge is -2.17. The second kappa shape index (κ2) is 7.13. The molecule has 2 radical (unpaired) electrons. The molecule has 0 unspecified atom stereocenters. The summed E-state index contributed by atoms with van der Waals surface area (Å²) in [6.07, 6.45) is 0. The third kappa shape index (κ3) is 4.02. The number of nitrogens with zero attached hydrogens (tertiary/aromatic N) is 1. The van der Waals surface area contributed by atoms with Crippen molar-refractivity contribution in [2.45, 2.75) is 20.8 Å². The van der Waals surface area contributed by atoms with E-state index in [4.69, 9.17) is 7.49 Å². The van der Waals surface area contributed by atoms with E-state index in [1.807, 2.05) is 0 Å². The molecule has 2 N–H and O–H groups in total. The molecule has 10 heteroatoms. The summed E-state index contributed by atoms with van der Waals surface area (Å²) in [4.78, 5) is 22.7. The Balaban J connectivity index is 2.68. The summed E-state index contributed by atoms with van der Waals surface area (Å²) < 4.78 is 10.1. The number of nitro groups is 1. The van der Waals surface area contributed by atoms with Gasteiger partial charge in [0.15, 0.2) is 11.5 Å². The Bertz CT molecular complexity index is 863. The highest BCUT2D eigenvalue weighted by molar-refractivity contribution is 14.1. The molecule has 132 valence electrons. The minimum atomic E-state index is -0.865. The molecule has 0 aliphatic heterocycles. The molecule has 0 saturated carbocycles. The minimum absolute atomic E-state index is 0.127. The summed E-state index contributed by atoms with van der Waals surface area (Å²) in [5, 5.41) is 32.3. The summed E-state index contributed by atoms with van der Waals surface area (Å²) in [6.45, 7) is 4.84. The first-order valence-corrected chi connectivity index (χ1v) is 8.78. The van der Waals surface area contributed by atoms with Crippen LogP contribution in [0.2, 0.25) is 0 Å². The van der Waals surface area contributed by atoms with Crippen LogP contribution in [0.25, 0.3) is 10.8 Å². The van der Waals surface area contributed by atoms with Gasteiger partial charge in [0.05, 0.1) is 33.3 Å². The van der Waals surface area contributed by atoms with E-state index in [9.17, 15) is 25.1 Å². The molecule has 0 atom stereocenters. The molecule has 8 nitrogen and oxygen atoms in total. The van der Waals surface area contributed by atoms with Crippen LogP contribution in [0.4, 0.5) is 5.69 Å². The molecular weight excluding hydrogens is 461 g/mol. The van der Waals surface area contributed by atoms with Crippen LogP contribution in [0.5, 0.6) is 17.2 Å². The molecule has 0 aromatic heterocycles. The molecule has 0 fully saturated rings. The molecule has 0 spiro atoms. The van der Waals surface area contributed by atoms with Crippen molar-refractivity contribution in [3.05, 3.63) is 28.3 Å². The largest absolute Gasteiger partial charge is 0.504 e. The van der Waals surface area contributed by atoms with Gasteiger partial charge in [-0.1, -0.05) is 0 Å². The zero-order valence-electron chi connectivity index (χ0n) is 13.5. The smallest absolute Gasteiger partial charge is 0.316 e. The Morgan fingerprint density at radius 3 is 2.40 bits per heavy atom. The highest BCUT2D eigenvalue weighted by Gasteiger charge is 2.28. The molecule has 0 amide bonds. The molecule has 0 aliphatic rings. The van der Waals surface area contributed by atoms with E-state index in [-0.39, 0.29) is 26.6 Å². The van der Waals surface area contributed by atoms with Crippen LogP contribution in [0, 0.1) is 15.5 Å². The van der Waals surface area contributed by atoms with E-state index >= 15 is 0 Å². The quantitative estimate of drug-likeness (QED) is 0.133. The average Bonchev–Trinajstić information content (AvgIpc) is 2.51. The summed E-state index contributed by atoms with van der Waals surface area (Å²) in [5.41, 5.74) is -1.28. The Morgan fingerprint density at radius 1 is 1.24 bits per heavy atom. The van der Waals surface area contributed by atoms with Gasteiger partial charge >= 0.3 is 11.7 Å². The van der Waals surface area contributed by atoms with Crippen molar-refractivity contribution in [1.82, 2.24) is 0 Å². The first-order valence-electron chi connectivity index (χ1n) is 6.99. The highest BCUT2D eigenvalue weighted by Crippen LogP contribution is 2.39. The van der Waals surface area contributed by atoms with Crippen LogP contribution in [0.3, 0.4) is 0 Å². The predicted molar refractivity (Wildman–Crippen MR) is 99.5 cm³/mol. The molecule has 25 heavy (non-hydrogen) atoms. The van der Waals surface area contributed by atoms with Gasteiger partial charge in [-0.3, -0.25) is 14.9 Å². The van der Waals surface area contributed by atoms with Crippen LogP contribution in [0.15, 0.2) is 18.2 Å². The van der Waals surface area contributed by atoms with Gasteiger partial charge in [0.1, 0.15) is 0 Å². The minimum Gasteiger partial charge on any atom is -0.504 e. The number of hydrogen-bond donors (Lipinski definition) is 2. The fraction of sp³-hybridized carbons (Fsp3) is 0.267. The Kier molecular flexibility index (Phi) is 5.54. The van der Waals surface area contributed by atoms with E-state index < -0.39 is 27.7 Å². The van der Waals surface area contributed by atoms with Crippen molar-refractivity contribution in [2.24, 2.45) is 5.41 Å². The van der Waals surface area contributed by atoms with Gasteiger partial charge in [-0.15, -0.1) is 0 Å². The summed E-state index contributed by atoms with van der Waals surface area (Å²) in [6, 6.07) is 3.83. The van der Waals surface area contributed by atoms with Crippen molar-refractivity contribution < 1.29 is 27.4 Å². The Morgan fingerprint density at radius 2 is 1.88 bits per heavy atom. The van der Waals surface area contributed by atoms with Crippen LogP contribution in [-0.4, -0.2) is 30.9 Å². The number of nitro benzene ring substituents is 1. The first-order chi connectivity index (χ1) is 11.6. The lowest BCUT2D eigenvalue weighted by atomic mass is 9.97. The van der Waals surface area contributed by atoms with Crippen molar-refractivity contribution in [1.29, 1.82) is 0 Å². The SMILES string of the molecule is CC(C)(C)C(=O)Oc1cc2c(O)c(O)c([Si]OI)cc2cc1[N+](=O)[O-]. The van der Waals surface area contributed by atoms with E-state index in [1.165, 1.54) is 18.2 Å². The maximum atomic E-state index is 12.1. The molecule has 0 saturated heterocycles. The third-order valence-corrected chi connectivity index (χ3v) is 4.66. The maximum absolute atomic E-state index is 12.1. The van der Waals surface area contributed by atoms with Gasteiger partial charge in [-0.2, -0.15) is 0 Å². The Hall–Kier alpha value is -1.92. The maximum Gasteiger partial charge on any atom is 0.316 e. The first kappa shape index (κ1) is 19.4. The van der Waals surface area contributed by atoms with Crippen LogP contribution < -0.4 is 9.92 Å². The highest BCUT2D eigenvalue weighted by atomic mass is 127. The number of ether oxygens (including phenoxy) is 1. The summed E-state index contributed by atoms with van der Waals surface area (Å²) >= 11 is 1.64. The molecule has 0 heterocycles. The van der Waals surface area contributed by atoms with Gasteiger partial charge in [0.25, 0.3) is 9.76 Å². The van der Waals surface area contributed by atoms with Crippen molar-refractivity contribution in [3.8, 4) is 17.2 Å². The standard InChI is InChI=1S/C15H14INO7Si/c1-15(2,3)14(20)23-10-6-8-7(4-9(10)17(21)22)5-11(25-24-16)13(19)12(8)18/h4-6,18-19H,1-3H3. The Labute approximate surface area is 159 Å². The van der Waals surface area contributed by atoms with Crippen LogP contribution in [0.1, 0.15) is 20.8 Å². The number of carbonyl (C=O) groups excluding carboxylic acids is 1. The fourth-order valence-electron chi connectivity index (χ4n) is 1.98. The molecule has 0 bridgehead atoms. The van der Waals surface area contributed by atoms with Gasteiger partial charge < -0.3 is 17.7 Å². The fourth-order valence-corrected chi connectivity index (χ4v) is 3.21. The van der Waals surface area contributed by atoms with Gasteiger partial charge in [0, 0.05) is 16.6 Å². The molecule has 0 aliphatic carbocycles. The predicted octanol–water partition coefficient (Wildman–Crippen LogP) is 2.72. The lowest BCUT2D eigenvalue weighted by molar-refractivity contribution is -0.385. The van der Waals surface area contributed by atoms with Gasteiger partial charge in [-0.25, -0.2) is 0 Å². The molecule has 2 rings (SSSR count). The van der Waals surface area contributed by atoms with Gasteiger partial charge in [0.2, 0.25) is 5.75 Å². The summed E-state index contributed by atoms with van der Waals surface area (Å²) in [7, 11) is -0.256. The monoisotopic (exact) mass is 475 g/mol. The number of phenolic OH excluding ortho intramolecular Hbond substituents is 2. The normalized spacial score (nSPS) is 11.5. The number of carbonyl (C=O) groups is 1. The molecule has 2 aromatic carbocycles. The average molecular weight is 475 g/mol. The number of halogens is 1. The number of hydrogen-bond acceptors (Lipinski definition) is 7. The van der Waals surface area contributed by atoms with Crippen molar-refractivity contribution in [2.75, 3.05) is 0 Å². The zero-order valence-corrected chi connectivity index (χ0v) is 16.7. The van der Waals surface area contributed by atoms with Crippen molar-refractivity contribution in [3.63, 3.8) is 0 Å². The van der Waals surface area contributed by atoms with Crippen LogP contribution in [-0.2, 0) is 7.55 Å². The number of aromatic hydroxyl groups is 2. The number of esters is 1. The number of rotatable bonds is 4.